The molecule has 6 heteroatoms. The van der Waals surface area contributed by atoms with Crippen LogP contribution in [-0.4, -0.2) is 19.9 Å². The fraction of sp³-hybridized carbons (Fsp3) is 0. The van der Waals surface area contributed by atoms with E-state index < -0.39 is 0 Å². The van der Waals surface area contributed by atoms with E-state index in [1.54, 1.807) is 24.5 Å². The molecule has 0 unspecified atom stereocenters. The van der Waals surface area contributed by atoms with Crippen molar-refractivity contribution in [3.05, 3.63) is 66.7 Å². The van der Waals surface area contributed by atoms with Crippen LogP contribution in [0.4, 0.5) is 16.0 Å². The van der Waals surface area contributed by atoms with Crippen LogP contribution in [0.1, 0.15) is 0 Å². The molecule has 0 aliphatic rings. The van der Waals surface area contributed by atoms with Crippen LogP contribution < -0.4 is 5.32 Å². The molecule has 0 aliphatic carbocycles. The second-order valence-electron chi connectivity index (χ2n) is 5.02. The Morgan fingerprint density at radius 2 is 1.83 bits per heavy atom. The van der Waals surface area contributed by atoms with Gasteiger partial charge in [0.2, 0.25) is 0 Å². The van der Waals surface area contributed by atoms with E-state index in [0.29, 0.717) is 17.5 Å². The number of aromatic amines is 1. The van der Waals surface area contributed by atoms with Crippen molar-refractivity contribution in [2.24, 2.45) is 0 Å². The number of aromatic nitrogens is 4. The number of pyridine rings is 2. The monoisotopic (exact) mass is 305 g/mol. The number of hydrogen-bond donors (Lipinski definition) is 2. The molecular weight excluding hydrogens is 293 g/mol. The van der Waals surface area contributed by atoms with E-state index in [-0.39, 0.29) is 5.82 Å². The molecule has 0 amide bonds. The number of fused-ring (bicyclic) bond motifs is 1. The third-order valence-electron chi connectivity index (χ3n) is 3.41. The van der Waals surface area contributed by atoms with Crippen molar-refractivity contribution in [3.8, 4) is 11.4 Å². The van der Waals surface area contributed by atoms with Gasteiger partial charge in [-0.1, -0.05) is 6.07 Å². The molecule has 4 aromatic rings. The molecule has 3 aromatic heterocycles. The SMILES string of the molecule is Fc1ccc(-c2nc3cc(Nc4ccccn4)ncc3[nH]2)cc1. The molecule has 0 saturated heterocycles. The number of nitrogens with one attached hydrogen (secondary N) is 2. The Hall–Kier alpha value is -3.28. The van der Waals surface area contributed by atoms with Gasteiger partial charge in [-0.2, -0.15) is 0 Å². The number of benzene rings is 1. The van der Waals surface area contributed by atoms with Crippen LogP contribution >= 0.6 is 0 Å². The minimum atomic E-state index is -0.270. The highest BCUT2D eigenvalue weighted by atomic mass is 19.1. The zero-order valence-electron chi connectivity index (χ0n) is 12.0. The minimum absolute atomic E-state index is 0.270. The summed E-state index contributed by atoms with van der Waals surface area (Å²) in [5.74, 6) is 1.78. The second kappa shape index (κ2) is 5.49. The van der Waals surface area contributed by atoms with Crippen molar-refractivity contribution < 1.29 is 4.39 Å². The molecule has 0 aliphatic heterocycles. The van der Waals surface area contributed by atoms with Gasteiger partial charge in [-0.05, 0) is 36.4 Å². The molecule has 3 heterocycles. The van der Waals surface area contributed by atoms with Crippen molar-refractivity contribution >= 4 is 22.7 Å². The lowest BCUT2D eigenvalue weighted by molar-refractivity contribution is 0.628. The Balaban J connectivity index is 1.68. The van der Waals surface area contributed by atoms with Crippen LogP contribution in [0, 0.1) is 5.82 Å². The Morgan fingerprint density at radius 3 is 2.61 bits per heavy atom. The van der Waals surface area contributed by atoms with Gasteiger partial charge in [0.05, 0.1) is 17.2 Å². The topological polar surface area (TPSA) is 66.5 Å². The van der Waals surface area contributed by atoms with Crippen LogP contribution in [0.15, 0.2) is 60.9 Å². The van der Waals surface area contributed by atoms with Crippen LogP contribution in [0.2, 0.25) is 0 Å². The first-order chi connectivity index (χ1) is 11.3. The number of nitrogens with zero attached hydrogens (tertiary/aromatic N) is 3. The predicted octanol–water partition coefficient (Wildman–Crippen LogP) is 3.90. The number of imidazole rings is 1. The Bertz CT molecular complexity index is 948. The zero-order chi connectivity index (χ0) is 15.6. The van der Waals surface area contributed by atoms with Crippen molar-refractivity contribution in [1.29, 1.82) is 0 Å². The maximum Gasteiger partial charge on any atom is 0.138 e. The third-order valence-corrected chi connectivity index (χ3v) is 3.41. The summed E-state index contributed by atoms with van der Waals surface area (Å²) in [6.45, 7) is 0. The summed E-state index contributed by atoms with van der Waals surface area (Å²) in [5.41, 5.74) is 2.41. The van der Waals surface area contributed by atoms with E-state index in [0.717, 1.165) is 16.6 Å². The molecule has 2 N–H and O–H groups in total. The van der Waals surface area contributed by atoms with Crippen molar-refractivity contribution in [3.63, 3.8) is 0 Å². The first-order valence-electron chi connectivity index (χ1n) is 7.08. The van der Waals surface area contributed by atoms with Gasteiger partial charge in [-0.15, -0.1) is 0 Å². The Morgan fingerprint density at radius 1 is 0.957 bits per heavy atom. The molecule has 0 saturated carbocycles. The third kappa shape index (κ3) is 2.74. The lowest BCUT2D eigenvalue weighted by Crippen LogP contribution is -1.94. The van der Waals surface area contributed by atoms with E-state index in [1.807, 2.05) is 24.3 Å². The zero-order valence-corrected chi connectivity index (χ0v) is 12.0. The fourth-order valence-electron chi connectivity index (χ4n) is 2.29. The first-order valence-corrected chi connectivity index (χ1v) is 7.08. The molecule has 0 bridgehead atoms. The Labute approximate surface area is 131 Å². The summed E-state index contributed by atoms with van der Waals surface area (Å²) in [7, 11) is 0. The maximum absolute atomic E-state index is 13.0. The normalized spacial score (nSPS) is 10.8. The van der Waals surface area contributed by atoms with Gasteiger partial charge in [0.1, 0.15) is 23.3 Å². The molecule has 23 heavy (non-hydrogen) atoms. The largest absolute Gasteiger partial charge is 0.337 e. The fourth-order valence-corrected chi connectivity index (χ4v) is 2.29. The van der Waals surface area contributed by atoms with Crippen LogP contribution in [0.25, 0.3) is 22.4 Å². The van der Waals surface area contributed by atoms with Crippen molar-refractivity contribution in [1.82, 2.24) is 19.9 Å². The smallest absolute Gasteiger partial charge is 0.138 e. The average Bonchev–Trinajstić information content (AvgIpc) is 3.00. The lowest BCUT2D eigenvalue weighted by Gasteiger charge is -2.03. The van der Waals surface area contributed by atoms with Gasteiger partial charge in [0.15, 0.2) is 0 Å². The van der Waals surface area contributed by atoms with Crippen LogP contribution in [0.3, 0.4) is 0 Å². The maximum atomic E-state index is 13.0. The highest BCUT2D eigenvalue weighted by Crippen LogP contribution is 2.22. The molecule has 1 aromatic carbocycles. The van der Waals surface area contributed by atoms with Gasteiger partial charge in [0, 0.05) is 17.8 Å². The van der Waals surface area contributed by atoms with Gasteiger partial charge >= 0.3 is 0 Å². The van der Waals surface area contributed by atoms with Gasteiger partial charge in [-0.3, -0.25) is 0 Å². The predicted molar refractivity (Wildman–Crippen MR) is 86.8 cm³/mol. The van der Waals surface area contributed by atoms with Gasteiger partial charge in [0.25, 0.3) is 0 Å². The molecular formula is C17H12FN5. The standard InChI is InChI=1S/C17H12FN5/c18-12-6-4-11(5-7-12)17-21-13-9-16(20-10-14(13)22-17)23-15-3-1-2-8-19-15/h1-10H,(H,21,22)(H,19,20,23). The quantitative estimate of drug-likeness (QED) is 0.602. The Kier molecular flexibility index (Phi) is 3.20. The highest BCUT2D eigenvalue weighted by molar-refractivity contribution is 5.81. The van der Waals surface area contributed by atoms with E-state index in [4.69, 9.17) is 0 Å². The minimum Gasteiger partial charge on any atom is -0.337 e. The number of rotatable bonds is 3. The number of H-pyrrole nitrogens is 1. The average molecular weight is 305 g/mol. The molecule has 0 fully saturated rings. The lowest BCUT2D eigenvalue weighted by atomic mass is 10.2. The van der Waals surface area contributed by atoms with E-state index in [1.165, 1.54) is 12.1 Å². The molecule has 0 radical (unpaired) electrons. The summed E-state index contributed by atoms with van der Waals surface area (Å²) in [4.78, 5) is 16.3. The summed E-state index contributed by atoms with van der Waals surface area (Å²) < 4.78 is 13.0. The number of halogens is 1. The van der Waals surface area contributed by atoms with Crippen LogP contribution in [0.5, 0.6) is 0 Å². The van der Waals surface area contributed by atoms with Gasteiger partial charge in [-0.25, -0.2) is 19.3 Å². The summed E-state index contributed by atoms with van der Waals surface area (Å²) in [5, 5.41) is 3.13. The molecule has 5 nitrogen and oxygen atoms in total. The van der Waals surface area contributed by atoms with Gasteiger partial charge < -0.3 is 10.3 Å². The summed E-state index contributed by atoms with van der Waals surface area (Å²) >= 11 is 0. The highest BCUT2D eigenvalue weighted by Gasteiger charge is 2.07. The molecule has 0 atom stereocenters. The van der Waals surface area contributed by atoms with E-state index in [2.05, 4.69) is 25.3 Å². The number of anilines is 2. The first kappa shape index (κ1) is 13.4. The van der Waals surface area contributed by atoms with Crippen LogP contribution in [-0.2, 0) is 0 Å². The van der Waals surface area contributed by atoms with Crippen molar-refractivity contribution in [2.75, 3.05) is 5.32 Å². The van der Waals surface area contributed by atoms with E-state index >= 15 is 0 Å². The number of hydrogen-bond acceptors (Lipinski definition) is 4. The molecule has 4 rings (SSSR count). The van der Waals surface area contributed by atoms with Crippen molar-refractivity contribution in [2.45, 2.75) is 0 Å². The molecule has 112 valence electrons. The summed E-state index contributed by atoms with van der Waals surface area (Å²) in [6.07, 6.45) is 3.42. The second-order valence-corrected chi connectivity index (χ2v) is 5.02. The summed E-state index contributed by atoms with van der Waals surface area (Å²) in [6, 6.07) is 13.7. The molecule has 0 spiro atoms. The van der Waals surface area contributed by atoms with E-state index in [9.17, 15) is 4.39 Å².